The summed E-state index contributed by atoms with van der Waals surface area (Å²) in [5, 5.41) is 8.14. The van der Waals surface area contributed by atoms with Gasteiger partial charge in [0.15, 0.2) is 0 Å². The second kappa shape index (κ2) is 6.47. The Morgan fingerprint density at radius 2 is 1.81 bits per heavy atom. The number of primary sulfonamides is 1. The van der Waals surface area contributed by atoms with Crippen molar-refractivity contribution in [3.8, 4) is 5.75 Å². The Bertz CT molecular complexity index is 703. The van der Waals surface area contributed by atoms with Gasteiger partial charge >= 0.3 is 0 Å². The molecule has 0 amide bonds. The van der Waals surface area contributed by atoms with Crippen molar-refractivity contribution in [3.63, 3.8) is 0 Å². The number of hydrogen-bond donors (Lipinski definition) is 3. The standard InChI is InChI=1S/C14H17N3O3S/c15-13-10-11(6-7-14(13)21(16,18)19)17-8-9-20-12-4-2-1-3-5-12/h1-7,10,17H,8-9,15H2,(H2,16,18,19). The van der Waals surface area contributed by atoms with E-state index >= 15 is 0 Å². The van der Waals surface area contributed by atoms with Gasteiger partial charge in [0, 0.05) is 12.2 Å². The van der Waals surface area contributed by atoms with Gasteiger partial charge in [-0.05, 0) is 30.3 Å². The van der Waals surface area contributed by atoms with Gasteiger partial charge < -0.3 is 15.8 Å². The molecule has 0 unspecified atom stereocenters. The van der Waals surface area contributed by atoms with Gasteiger partial charge in [0.2, 0.25) is 10.0 Å². The van der Waals surface area contributed by atoms with E-state index in [2.05, 4.69) is 5.32 Å². The van der Waals surface area contributed by atoms with Crippen LogP contribution < -0.4 is 20.9 Å². The maximum atomic E-state index is 11.2. The molecule has 5 N–H and O–H groups in total. The third-order valence-electron chi connectivity index (χ3n) is 2.76. The van der Waals surface area contributed by atoms with Gasteiger partial charge in [-0.1, -0.05) is 18.2 Å². The number of nitrogens with two attached hydrogens (primary N) is 2. The first-order valence-corrected chi connectivity index (χ1v) is 7.85. The molecular formula is C14H17N3O3S. The summed E-state index contributed by atoms with van der Waals surface area (Å²) in [5.41, 5.74) is 6.49. The molecule has 0 heterocycles. The molecule has 0 saturated heterocycles. The van der Waals surface area contributed by atoms with Crippen molar-refractivity contribution in [1.82, 2.24) is 0 Å². The number of para-hydroxylation sites is 1. The summed E-state index contributed by atoms with van der Waals surface area (Å²) in [6.45, 7) is 1.03. The van der Waals surface area contributed by atoms with Crippen LogP contribution in [0.2, 0.25) is 0 Å². The van der Waals surface area contributed by atoms with Gasteiger partial charge in [0.1, 0.15) is 17.3 Å². The van der Waals surface area contributed by atoms with E-state index in [-0.39, 0.29) is 10.6 Å². The Morgan fingerprint density at radius 3 is 2.43 bits per heavy atom. The largest absolute Gasteiger partial charge is 0.492 e. The molecule has 0 fully saturated rings. The van der Waals surface area contributed by atoms with E-state index in [1.54, 1.807) is 6.07 Å². The predicted molar refractivity (Wildman–Crippen MR) is 82.7 cm³/mol. The van der Waals surface area contributed by atoms with Gasteiger partial charge in [-0.2, -0.15) is 0 Å². The molecule has 2 aromatic rings. The molecule has 0 aliphatic carbocycles. The minimum atomic E-state index is -3.79. The number of nitrogen functional groups attached to an aromatic ring is 1. The number of anilines is 2. The van der Waals surface area contributed by atoms with Gasteiger partial charge in [0.05, 0.1) is 5.69 Å². The highest BCUT2D eigenvalue weighted by atomic mass is 32.2. The molecule has 0 spiro atoms. The van der Waals surface area contributed by atoms with Crippen molar-refractivity contribution < 1.29 is 13.2 Å². The summed E-state index contributed by atoms with van der Waals surface area (Å²) in [6, 6.07) is 14.0. The van der Waals surface area contributed by atoms with Gasteiger partial charge in [-0.3, -0.25) is 0 Å². The number of hydrogen-bond acceptors (Lipinski definition) is 5. The van der Waals surface area contributed by atoms with Crippen molar-refractivity contribution in [2.75, 3.05) is 24.2 Å². The molecule has 7 heteroatoms. The third-order valence-corrected chi connectivity index (χ3v) is 3.74. The average Bonchev–Trinajstić information content (AvgIpc) is 2.43. The second-order valence-corrected chi connectivity index (χ2v) is 5.92. The maximum absolute atomic E-state index is 11.2. The van der Waals surface area contributed by atoms with E-state index in [4.69, 9.17) is 15.6 Å². The zero-order chi connectivity index (χ0) is 15.3. The number of ether oxygens (including phenoxy) is 1. The van der Waals surface area contributed by atoms with Crippen LogP contribution in [0.5, 0.6) is 5.75 Å². The zero-order valence-electron chi connectivity index (χ0n) is 11.3. The van der Waals surface area contributed by atoms with Crippen LogP contribution in [0.3, 0.4) is 0 Å². The lowest BCUT2D eigenvalue weighted by molar-refractivity contribution is 0.333. The zero-order valence-corrected chi connectivity index (χ0v) is 12.1. The quantitative estimate of drug-likeness (QED) is 0.552. The van der Waals surface area contributed by atoms with Gasteiger partial charge in [-0.15, -0.1) is 0 Å². The Hall–Kier alpha value is -2.25. The Kier molecular flexibility index (Phi) is 4.66. The van der Waals surface area contributed by atoms with Gasteiger partial charge in [-0.25, -0.2) is 13.6 Å². The van der Waals surface area contributed by atoms with Crippen molar-refractivity contribution in [3.05, 3.63) is 48.5 Å². The van der Waals surface area contributed by atoms with Crippen LogP contribution in [0.1, 0.15) is 0 Å². The van der Waals surface area contributed by atoms with Crippen molar-refractivity contribution in [1.29, 1.82) is 0 Å². The molecule has 2 rings (SSSR count). The van der Waals surface area contributed by atoms with Crippen LogP contribution in [0.25, 0.3) is 0 Å². The second-order valence-electron chi connectivity index (χ2n) is 4.39. The minimum Gasteiger partial charge on any atom is -0.492 e. The normalized spacial score (nSPS) is 11.1. The van der Waals surface area contributed by atoms with Crippen LogP contribution in [-0.4, -0.2) is 21.6 Å². The predicted octanol–water partition coefficient (Wildman–Crippen LogP) is 1.41. The van der Waals surface area contributed by atoms with Crippen LogP contribution in [-0.2, 0) is 10.0 Å². The number of rotatable bonds is 6. The molecular weight excluding hydrogens is 290 g/mol. The molecule has 0 aliphatic heterocycles. The molecule has 0 aliphatic rings. The Morgan fingerprint density at radius 1 is 1.10 bits per heavy atom. The lowest BCUT2D eigenvalue weighted by atomic mass is 10.3. The molecule has 0 saturated carbocycles. The van der Waals surface area contributed by atoms with Crippen LogP contribution in [0.15, 0.2) is 53.4 Å². The summed E-state index contributed by atoms with van der Waals surface area (Å²) >= 11 is 0. The number of benzene rings is 2. The van der Waals surface area contributed by atoms with E-state index in [9.17, 15) is 8.42 Å². The summed E-state index contributed by atoms with van der Waals surface area (Å²) < 4.78 is 28.0. The molecule has 6 nitrogen and oxygen atoms in total. The summed E-state index contributed by atoms with van der Waals surface area (Å²) in [5.74, 6) is 0.795. The van der Waals surface area contributed by atoms with Crippen molar-refractivity contribution in [2.24, 2.45) is 5.14 Å². The number of sulfonamides is 1. The van der Waals surface area contributed by atoms with E-state index in [0.717, 1.165) is 5.75 Å². The lowest BCUT2D eigenvalue weighted by Crippen LogP contribution is -2.15. The maximum Gasteiger partial charge on any atom is 0.240 e. The fraction of sp³-hybridized carbons (Fsp3) is 0.143. The summed E-state index contributed by atoms with van der Waals surface area (Å²) in [6.07, 6.45) is 0. The Balaban J connectivity index is 1.88. The molecule has 0 atom stereocenters. The highest BCUT2D eigenvalue weighted by Gasteiger charge is 2.11. The summed E-state index contributed by atoms with van der Waals surface area (Å²) in [4.78, 5) is -0.0754. The monoisotopic (exact) mass is 307 g/mol. The summed E-state index contributed by atoms with van der Waals surface area (Å²) in [7, 11) is -3.79. The smallest absolute Gasteiger partial charge is 0.240 e. The van der Waals surface area contributed by atoms with E-state index in [1.165, 1.54) is 12.1 Å². The van der Waals surface area contributed by atoms with Crippen LogP contribution >= 0.6 is 0 Å². The topological polar surface area (TPSA) is 107 Å². The molecule has 2 aromatic carbocycles. The SMILES string of the molecule is Nc1cc(NCCOc2ccccc2)ccc1S(N)(=O)=O. The van der Waals surface area contributed by atoms with E-state index < -0.39 is 10.0 Å². The van der Waals surface area contributed by atoms with E-state index in [0.29, 0.717) is 18.8 Å². The Labute approximate surface area is 123 Å². The van der Waals surface area contributed by atoms with Crippen molar-refractivity contribution in [2.45, 2.75) is 4.90 Å². The first kappa shape index (κ1) is 15.1. The fourth-order valence-electron chi connectivity index (χ4n) is 1.80. The third kappa shape index (κ3) is 4.37. The molecule has 0 radical (unpaired) electrons. The molecule has 112 valence electrons. The van der Waals surface area contributed by atoms with E-state index in [1.807, 2.05) is 30.3 Å². The number of nitrogens with one attached hydrogen (secondary N) is 1. The van der Waals surface area contributed by atoms with Crippen LogP contribution in [0.4, 0.5) is 11.4 Å². The first-order chi connectivity index (χ1) is 9.97. The highest BCUT2D eigenvalue weighted by Crippen LogP contribution is 2.21. The lowest BCUT2D eigenvalue weighted by Gasteiger charge is -2.10. The van der Waals surface area contributed by atoms with Crippen LogP contribution in [0, 0.1) is 0 Å². The minimum absolute atomic E-state index is 0.0754. The molecule has 0 aromatic heterocycles. The van der Waals surface area contributed by atoms with Crippen molar-refractivity contribution >= 4 is 21.4 Å². The molecule has 0 bridgehead atoms. The first-order valence-electron chi connectivity index (χ1n) is 6.31. The average molecular weight is 307 g/mol. The van der Waals surface area contributed by atoms with Gasteiger partial charge in [0.25, 0.3) is 0 Å². The molecule has 21 heavy (non-hydrogen) atoms. The highest BCUT2D eigenvalue weighted by molar-refractivity contribution is 7.89. The fourth-order valence-corrected chi connectivity index (χ4v) is 2.44.